The van der Waals surface area contributed by atoms with E-state index in [2.05, 4.69) is 29.2 Å². The fraction of sp³-hybridized carbons (Fsp3) is 0.452. The minimum absolute atomic E-state index is 0.0973. The summed E-state index contributed by atoms with van der Waals surface area (Å²) in [7, 11) is 0. The summed E-state index contributed by atoms with van der Waals surface area (Å²) in [5.74, 6) is 2.74. The number of carbonyl (C=O) groups excluding carboxylic acids is 2. The smallest absolute Gasteiger partial charge is 0.306 e. The van der Waals surface area contributed by atoms with Crippen LogP contribution in [0.4, 0.5) is 5.69 Å². The number of unbranched alkanes of at least 4 members (excludes halogenated alkanes) is 5. The summed E-state index contributed by atoms with van der Waals surface area (Å²) in [6, 6.07) is 13.0. The molecular weight excluding hydrogens is 462 g/mol. The summed E-state index contributed by atoms with van der Waals surface area (Å²) >= 11 is 0. The number of carbonyl (C=O) groups is 2. The molecule has 37 heavy (non-hydrogen) atoms. The Hall–Kier alpha value is -3.59. The zero-order valence-electron chi connectivity index (χ0n) is 21.9. The predicted octanol–water partition coefficient (Wildman–Crippen LogP) is 5.68. The van der Waals surface area contributed by atoms with Crippen LogP contribution in [0.25, 0.3) is 0 Å². The van der Waals surface area contributed by atoms with Gasteiger partial charge in [-0.15, -0.1) is 6.42 Å². The van der Waals surface area contributed by atoms with Gasteiger partial charge >= 0.3 is 5.97 Å². The van der Waals surface area contributed by atoms with Crippen LogP contribution in [-0.2, 0) is 22.4 Å². The third-order valence-electron chi connectivity index (χ3n) is 6.79. The maximum absolute atomic E-state index is 12.8. The number of nitrogens with zero attached hydrogens (tertiary/aromatic N) is 1. The van der Waals surface area contributed by atoms with Crippen molar-refractivity contribution in [1.29, 1.82) is 0 Å². The maximum atomic E-state index is 12.8. The third kappa shape index (κ3) is 9.09. The van der Waals surface area contributed by atoms with E-state index in [9.17, 15) is 9.59 Å². The van der Waals surface area contributed by atoms with Crippen molar-refractivity contribution < 1.29 is 14.3 Å². The van der Waals surface area contributed by atoms with E-state index in [1.54, 1.807) is 24.3 Å². The van der Waals surface area contributed by atoms with Gasteiger partial charge in [0.05, 0.1) is 6.61 Å². The molecule has 3 rings (SSSR count). The van der Waals surface area contributed by atoms with Gasteiger partial charge in [0.15, 0.2) is 0 Å². The number of aliphatic imine (C=N–C) groups is 1. The first-order valence-corrected chi connectivity index (χ1v) is 13.4. The van der Waals surface area contributed by atoms with Gasteiger partial charge < -0.3 is 15.8 Å². The molecule has 6 nitrogen and oxygen atoms in total. The van der Waals surface area contributed by atoms with Crippen LogP contribution < -0.4 is 11.1 Å². The maximum Gasteiger partial charge on any atom is 0.306 e. The Labute approximate surface area is 221 Å². The van der Waals surface area contributed by atoms with Gasteiger partial charge in [-0.2, -0.15) is 0 Å². The number of amides is 1. The van der Waals surface area contributed by atoms with E-state index in [0.717, 1.165) is 43.4 Å². The Morgan fingerprint density at radius 3 is 2.54 bits per heavy atom. The van der Waals surface area contributed by atoms with Gasteiger partial charge in [0.25, 0.3) is 5.91 Å². The standard InChI is InChI=1S/C31H39N3O3/c1-3-5-6-7-8-9-19-37-29(35)21-23-10-11-24-16-17-28(22-27(24)20-23)34-31(36)26-14-12-25(13-15-26)30(32)33-18-4-2/h2,12-17,22-23H,3,5-11,18-21H2,1H3,(H2,32,33)(H,34,36). The fourth-order valence-electron chi connectivity index (χ4n) is 4.67. The van der Waals surface area contributed by atoms with Gasteiger partial charge in [-0.3, -0.25) is 14.6 Å². The zero-order valence-corrected chi connectivity index (χ0v) is 21.9. The van der Waals surface area contributed by atoms with Gasteiger partial charge in [0.1, 0.15) is 12.4 Å². The van der Waals surface area contributed by atoms with Crippen LogP contribution in [0, 0.1) is 18.3 Å². The summed E-state index contributed by atoms with van der Waals surface area (Å²) in [4.78, 5) is 29.2. The number of fused-ring (bicyclic) bond motifs is 1. The highest BCUT2D eigenvalue weighted by atomic mass is 16.5. The lowest BCUT2D eigenvalue weighted by molar-refractivity contribution is -0.145. The number of anilines is 1. The molecule has 0 spiro atoms. The van der Waals surface area contributed by atoms with Crippen molar-refractivity contribution in [3.05, 3.63) is 64.7 Å². The Bertz CT molecular complexity index is 1120. The average Bonchev–Trinajstić information content (AvgIpc) is 2.91. The Morgan fingerprint density at radius 1 is 1.05 bits per heavy atom. The second-order valence-electron chi connectivity index (χ2n) is 9.72. The molecule has 0 saturated carbocycles. The summed E-state index contributed by atoms with van der Waals surface area (Å²) in [5.41, 5.74) is 10.4. The molecule has 2 aromatic carbocycles. The molecule has 2 aromatic rings. The molecule has 3 N–H and O–H groups in total. The normalized spacial score (nSPS) is 14.9. The Balaban J connectivity index is 1.49. The molecule has 1 aliphatic rings. The second-order valence-corrected chi connectivity index (χ2v) is 9.72. The number of hydrogen-bond acceptors (Lipinski definition) is 4. The van der Waals surface area contributed by atoms with Gasteiger partial charge in [-0.05, 0) is 67.0 Å². The van der Waals surface area contributed by atoms with Gasteiger partial charge in [0.2, 0.25) is 0 Å². The number of benzene rings is 2. The molecule has 1 amide bonds. The van der Waals surface area contributed by atoms with Crippen LogP contribution in [0.2, 0.25) is 0 Å². The molecule has 0 aliphatic heterocycles. The number of rotatable bonds is 13. The number of nitrogens with one attached hydrogen (secondary N) is 1. The summed E-state index contributed by atoms with van der Waals surface area (Å²) in [6.45, 7) is 2.95. The van der Waals surface area contributed by atoms with E-state index in [-0.39, 0.29) is 24.3 Å². The van der Waals surface area contributed by atoms with Gasteiger partial charge in [0, 0.05) is 23.2 Å². The second kappa shape index (κ2) is 14.8. The highest BCUT2D eigenvalue weighted by Crippen LogP contribution is 2.30. The van der Waals surface area contributed by atoms with Crippen molar-refractivity contribution in [3.8, 4) is 12.3 Å². The first-order chi connectivity index (χ1) is 18.0. The van der Waals surface area contributed by atoms with Crippen molar-refractivity contribution in [3.63, 3.8) is 0 Å². The molecule has 0 fully saturated rings. The highest BCUT2D eigenvalue weighted by molar-refractivity contribution is 6.05. The number of terminal acetylenes is 1. The van der Waals surface area contributed by atoms with E-state index in [4.69, 9.17) is 16.9 Å². The Morgan fingerprint density at radius 2 is 1.78 bits per heavy atom. The number of aryl methyl sites for hydroxylation is 1. The average molecular weight is 502 g/mol. The minimum Gasteiger partial charge on any atom is -0.466 e. The topological polar surface area (TPSA) is 93.8 Å². The number of hydrogen-bond donors (Lipinski definition) is 2. The number of esters is 1. The highest BCUT2D eigenvalue weighted by Gasteiger charge is 2.22. The van der Waals surface area contributed by atoms with E-state index in [1.165, 1.54) is 36.8 Å². The van der Waals surface area contributed by atoms with Crippen molar-refractivity contribution in [1.82, 2.24) is 0 Å². The van der Waals surface area contributed by atoms with Crippen molar-refractivity contribution in [2.45, 2.75) is 71.1 Å². The number of ether oxygens (including phenoxy) is 1. The van der Waals surface area contributed by atoms with E-state index < -0.39 is 0 Å². The monoisotopic (exact) mass is 501 g/mol. The van der Waals surface area contributed by atoms with Crippen molar-refractivity contribution >= 4 is 23.4 Å². The van der Waals surface area contributed by atoms with E-state index in [0.29, 0.717) is 24.4 Å². The molecule has 0 bridgehead atoms. The predicted molar refractivity (Wildman–Crippen MR) is 150 cm³/mol. The van der Waals surface area contributed by atoms with Crippen molar-refractivity contribution in [2.24, 2.45) is 16.6 Å². The van der Waals surface area contributed by atoms with Gasteiger partial charge in [-0.25, -0.2) is 0 Å². The first-order valence-electron chi connectivity index (χ1n) is 13.4. The quantitative estimate of drug-likeness (QED) is 0.121. The summed E-state index contributed by atoms with van der Waals surface area (Å²) in [6.07, 6.45) is 15.5. The molecule has 0 aromatic heterocycles. The van der Waals surface area contributed by atoms with Gasteiger partial charge in [-0.1, -0.05) is 63.1 Å². The molecule has 1 atom stereocenters. The largest absolute Gasteiger partial charge is 0.466 e. The fourth-order valence-corrected chi connectivity index (χ4v) is 4.67. The lowest BCUT2D eigenvalue weighted by Crippen LogP contribution is -2.20. The Kier molecular flexibility index (Phi) is 11.2. The molecule has 6 heteroatoms. The molecule has 1 aliphatic carbocycles. The van der Waals surface area contributed by atoms with E-state index >= 15 is 0 Å². The number of amidine groups is 1. The summed E-state index contributed by atoms with van der Waals surface area (Å²) < 4.78 is 5.49. The van der Waals surface area contributed by atoms with E-state index in [1.807, 2.05) is 12.1 Å². The van der Waals surface area contributed by atoms with Crippen LogP contribution in [0.5, 0.6) is 0 Å². The van der Waals surface area contributed by atoms with Crippen LogP contribution in [0.3, 0.4) is 0 Å². The third-order valence-corrected chi connectivity index (χ3v) is 6.79. The van der Waals surface area contributed by atoms with Crippen LogP contribution >= 0.6 is 0 Å². The molecule has 0 radical (unpaired) electrons. The molecule has 1 unspecified atom stereocenters. The lowest BCUT2D eigenvalue weighted by atomic mass is 9.82. The first kappa shape index (κ1) is 28.0. The molecule has 0 heterocycles. The summed E-state index contributed by atoms with van der Waals surface area (Å²) in [5, 5.41) is 2.98. The molecular formula is C31H39N3O3. The van der Waals surface area contributed by atoms with Crippen LogP contribution in [0.1, 0.15) is 85.3 Å². The molecule has 196 valence electrons. The van der Waals surface area contributed by atoms with Crippen LogP contribution in [0.15, 0.2) is 47.5 Å². The molecule has 0 saturated heterocycles. The zero-order chi connectivity index (χ0) is 26.5. The van der Waals surface area contributed by atoms with Crippen LogP contribution in [-0.4, -0.2) is 30.9 Å². The number of nitrogens with two attached hydrogens (primary N) is 1. The lowest BCUT2D eigenvalue weighted by Gasteiger charge is -2.24. The van der Waals surface area contributed by atoms with Crippen molar-refractivity contribution in [2.75, 3.05) is 18.5 Å². The minimum atomic E-state index is -0.198. The SMILES string of the molecule is C#CCN=C(N)c1ccc(C(=O)Nc2ccc3c(c2)CC(CC(=O)OCCCCCCCC)CC3)cc1.